The average Bonchev–Trinajstić information content (AvgIpc) is 2.25. The van der Waals surface area contributed by atoms with Crippen molar-refractivity contribution in [2.75, 3.05) is 26.4 Å². The molecule has 0 saturated carbocycles. The van der Waals surface area contributed by atoms with Crippen molar-refractivity contribution in [3.8, 4) is 11.5 Å². The number of hydrogen-bond acceptors (Lipinski definition) is 3. The van der Waals surface area contributed by atoms with Gasteiger partial charge in [0.25, 0.3) is 0 Å². The highest BCUT2D eigenvalue weighted by molar-refractivity contribution is 6.25. The summed E-state index contributed by atoms with van der Waals surface area (Å²) in [6, 6.07) is 3.98. The van der Waals surface area contributed by atoms with Gasteiger partial charge in [0.1, 0.15) is 18.1 Å². The van der Waals surface area contributed by atoms with Crippen molar-refractivity contribution in [1.82, 2.24) is 0 Å². The van der Waals surface area contributed by atoms with E-state index in [9.17, 15) is 0 Å². The van der Waals surface area contributed by atoms with Crippen molar-refractivity contribution in [1.29, 1.82) is 0 Å². The topological polar surface area (TPSA) is 27.7 Å². The van der Waals surface area contributed by atoms with Crippen LogP contribution in [0.3, 0.4) is 0 Å². The molecule has 86 valence electrons. The molecular formula is C12H13ClO3. The molecule has 1 aromatic carbocycles. The summed E-state index contributed by atoms with van der Waals surface area (Å²) in [7, 11) is 0. The molecule has 1 saturated heterocycles. The van der Waals surface area contributed by atoms with Crippen LogP contribution in [-0.4, -0.2) is 26.4 Å². The van der Waals surface area contributed by atoms with Crippen molar-refractivity contribution in [2.24, 2.45) is 0 Å². The molecule has 2 aliphatic rings. The van der Waals surface area contributed by atoms with E-state index in [1.165, 1.54) is 0 Å². The van der Waals surface area contributed by atoms with Gasteiger partial charge in [0.05, 0.1) is 13.2 Å². The second-order valence-corrected chi connectivity index (χ2v) is 4.99. The van der Waals surface area contributed by atoms with Crippen molar-refractivity contribution >= 4 is 11.6 Å². The minimum Gasteiger partial charge on any atom is -0.486 e. The van der Waals surface area contributed by atoms with Gasteiger partial charge in [-0.1, -0.05) is 0 Å². The largest absolute Gasteiger partial charge is 0.486 e. The highest BCUT2D eigenvalue weighted by Gasteiger charge is 2.40. The third-order valence-electron chi connectivity index (χ3n) is 3.03. The van der Waals surface area contributed by atoms with Gasteiger partial charge in [-0.3, -0.25) is 0 Å². The first-order valence-electron chi connectivity index (χ1n) is 5.36. The van der Waals surface area contributed by atoms with Crippen LogP contribution in [0, 0.1) is 6.92 Å². The van der Waals surface area contributed by atoms with Crippen LogP contribution in [0.15, 0.2) is 12.1 Å². The molecule has 0 unspecified atom stereocenters. The Kier molecular flexibility index (Phi) is 2.26. The van der Waals surface area contributed by atoms with Crippen LogP contribution < -0.4 is 9.47 Å². The third-order valence-corrected chi connectivity index (χ3v) is 3.46. The maximum atomic E-state index is 6.46. The minimum absolute atomic E-state index is 0.375. The molecule has 0 radical (unpaired) electrons. The molecule has 1 aromatic rings. The Balaban J connectivity index is 2.05. The van der Waals surface area contributed by atoms with Crippen LogP contribution in [0.4, 0.5) is 0 Å². The Morgan fingerprint density at radius 3 is 2.31 bits per heavy atom. The van der Waals surface area contributed by atoms with Crippen molar-refractivity contribution in [2.45, 2.75) is 11.8 Å². The van der Waals surface area contributed by atoms with Gasteiger partial charge in [-0.05, 0) is 30.2 Å². The summed E-state index contributed by atoms with van der Waals surface area (Å²) < 4.78 is 16.3. The molecule has 0 atom stereocenters. The van der Waals surface area contributed by atoms with Gasteiger partial charge in [0.2, 0.25) is 0 Å². The van der Waals surface area contributed by atoms with E-state index in [1.807, 2.05) is 19.1 Å². The standard InChI is InChI=1S/C12H13ClO3/c1-8-4-10-11(16-3-2-15-10)5-9(8)12(13)6-14-7-12/h4-5H,2-3,6-7H2,1H3. The summed E-state index contributed by atoms with van der Waals surface area (Å²) in [5.41, 5.74) is 2.22. The number of ether oxygens (including phenoxy) is 3. The number of halogens is 1. The van der Waals surface area contributed by atoms with Gasteiger partial charge in [0.15, 0.2) is 11.5 Å². The fourth-order valence-electron chi connectivity index (χ4n) is 2.11. The second kappa shape index (κ2) is 3.54. The maximum Gasteiger partial charge on any atom is 0.161 e. The van der Waals surface area contributed by atoms with Crippen LogP contribution in [0.5, 0.6) is 11.5 Å². The number of benzene rings is 1. The van der Waals surface area contributed by atoms with Crippen LogP contribution in [0.1, 0.15) is 11.1 Å². The smallest absolute Gasteiger partial charge is 0.161 e. The fraction of sp³-hybridized carbons (Fsp3) is 0.500. The molecule has 3 nitrogen and oxygen atoms in total. The molecule has 16 heavy (non-hydrogen) atoms. The Hall–Kier alpha value is -0.930. The zero-order chi connectivity index (χ0) is 11.2. The number of hydrogen-bond donors (Lipinski definition) is 0. The Morgan fingerprint density at radius 1 is 1.12 bits per heavy atom. The molecule has 2 heterocycles. The highest BCUT2D eigenvalue weighted by atomic mass is 35.5. The molecule has 0 bridgehead atoms. The van der Waals surface area contributed by atoms with Gasteiger partial charge in [-0.25, -0.2) is 0 Å². The minimum atomic E-state index is -0.375. The lowest BCUT2D eigenvalue weighted by molar-refractivity contribution is -0.0156. The molecule has 1 fully saturated rings. The zero-order valence-electron chi connectivity index (χ0n) is 9.09. The zero-order valence-corrected chi connectivity index (χ0v) is 9.84. The van der Waals surface area contributed by atoms with E-state index in [-0.39, 0.29) is 4.87 Å². The third kappa shape index (κ3) is 1.46. The summed E-state index contributed by atoms with van der Waals surface area (Å²) in [5, 5.41) is 0. The maximum absolute atomic E-state index is 6.46. The predicted molar refractivity (Wildman–Crippen MR) is 60.5 cm³/mol. The first-order valence-corrected chi connectivity index (χ1v) is 5.74. The Morgan fingerprint density at radius 2 is 1.75 bits per heavy atom. The van der Waals surface area contributed by atoms with E-state index in [2.05, 4.69) is 0 Å². The van der Waals surface area contributed by atoms with E-state index in [0.29, 0.717) is 26.4 Å². The van der Waals surface area contributed by atoms with Gasteiger partial charge < -0.3 is 14.2 Å². The van der Waals surface area contributed by atoms with Crippen LogP contribution in [0.2, 0.25) is 0 Å². The molecular weight excluding hydrogens is 228 g/mol. The monoisotopic (exact) mass is 240 g/mol. The summed E-state index contributed by atoms with van der Waals surface area (Å²) in [6.45, 7) is 4.38. The second-order valence-electron chi connectivity index (χ2n) is 4.27. The Labute approximate surface area is 99.3 Å². The van der Waals surface area contributed by atoms with E-state index in [4.69, 9.17) is 25.8 Å². The van der Waals surface area contributed by atoms with Crippen molar-refractivity contribution < 1.29 is 14.2 Å². The normalized spacial score (nSPS) is 21.4. The predicted octanol–water partition coefficient (Wildman–Crippen LogP) is 2.23. The molecule has 0 amide bonds. The van der Waals surface area contributed by atoms with E-state index >= 15 is 0 Å². The summed E-state index contributed by atoms with van der Waals surface area (Å²) in [4.78, 5) is -0.375. The van der Waals surface area contributed by atoms with Crippen LogP contribution >= 0.6 is 11.6 Å². The number of alkyl halides is 1. The molecule has 0 N–H and O–H groups in total. The first kappa shape index (κ1) is 10.2. The van der Waals surface area contributed by atoms with Crippen molar-refractivity contribution in [3.05, 3.63) is 23.3 Å². The summed E-state index contributed by atoms with van der Waals surface area (Å²) >= 11 is 6.46. The van der Waals surface area contributed by atoms with E-state index in [1.54, 1.807) is 0 Å². The van der Waals surface area contributed by atoms with Crippen molar-refractivity contribution in [3.63, 3.8) is 0 Å². The quantitative estimate of drug-likeness (QED) is 0.705. The fourth-order valence-corrected chi connectivity index (χ4v) is 2.47. The molecule has 0 aromatic heterocycles. The lowest BCUT2D eigenvalue weighted by atomic mass is 9.92. The Bertz CT molecular complexity index is 427. The van der Waals surface area contributed by atoms with Crippen LogP contribution in [-0.2, 0) is 9.61 Å². The summed E-state index contributed by atoms with van der Waals surface area (Å²) in [5.74, 6) is 1.60. The average molecular weight is 241 g/mol. The molecule has 4 heteroatoms. The molecule has 3 rings (SSSR count). The number of fused-ring (bicyclic) bond motifs is 1. The molecule has 2 aliphatic heterocycles. The summed E-state index contributed by atoms with van der Waals surface area (Å²) in [6.07, 6.45) is 0. The lowest BCUT2D eigenvalue weighted by Gasteiger charge is -2.37. The first-order chi connectivity index (χ1) is 7.69. The van der Waals surface area contributed by atoms with E-state index < -0.39 is 0 Å². The highest BCUT2D eigenvalue weighted by Crippen LogP contribution is 2.43. The lowest BCUT2D eigenvalue weighted by Crippen LogP contribution is -2.42. The number of aryl methyl sites for hydroxylation is 1. The van der Waals surface area contributed by atoms with Gasteiger partial charge in [-0.15, -0.1) is 11.6 Å². The molecule has 0 aliphatic carbocycles. The van der Waals surface area contributed by atoms with Gasteiger partial charge >= 0.3 is 0 Å². The van der Waals surface area contributed by atoms with Gasteiger partial charge in [0, 0.05) is 0 Å². The number of rotatable bonds is 1. The SMILES string of the molecule is Cc1cc2c(cc1C1(Cl)COC1)OCCO2. The van der Waals surface area contributed by atoms with Gasteiger partial charge in [-0.2, -0.15) is 0 Å². The van der Waals surface area contributed by atoms with E-state index in [0.717, 1.165) is 22.6 Å². The van der Waals surface area contributed by atoms with Crippen LogP contribution in [0.25, 0.3) is 0 Å². The molecule has 0 spiro atoms.